The van der Waals surface area contributed by atoms with Crippen molar-refractivity contribution in [2.24, 2.45) is 0 Å². The molecule has 3 aromatic carbocycles. The van der Waals surface area contributed by atoms with E-state index in [-0.39, 0.29) is 17.5 Å². The molecule has 0 saturated heterocycles. The lowest BCUT2D eigenvalue weighted by Gasteiger charge is -2.23. The van der Waals surface area contributed by atoms with Gasteiger partial charge in [-0.1, -0.05) is 42.5 Å². The Morgan fingerprint density at radius 3 is 2.45 bits per heavy atom. The van der Waals surface area contributed by atoms with E-state index in [4.69, 9.17) is 0 Å². The van der Waals surface area contributed by atoms with Crippen molar-refractivity contribution in [2.45, 2.75) is 37.4 Å². The van der Waals surface area contributed by atoms with Gasteiger partial charge in [0.25, 0.3) is 0 Å². The second-order valence-electron chi connectivity index (χ2n) is 10.1. The molecule has 1 aromatic heterocycles. The van der Waals surface area contributed by atoms with Gasteiger partial charge in [-0.2, -0.15) is 15.8 Å². The molecule has 1 aliphatic heterocycles. The van der Waals surface area contributed by atoms with Crippen molar-refractivity contribution in [3.05, 3.63) is 113 Å². The number of rotatable bonds is 9. The van der Waals surface area contributed by atoms with Gasteiger partial charge in [-0.3, -0.25) is 9.99 Å². The lowest BCUT2D eigenvalue weighted by atomic mass is 10.00. The van der Waals surface area contributed by atoms with E-state index in [9.17, 15) is 21.5 Å². The van der Waals surface area contributed by atoms with E-state index < -0.39 is 17.9 Å². The molecule has 1 saturated carbocycles. The smallest absolute Gasteiger partial charge is 0.123 e. The van der Waals surface area contributed by atoms with Crippen LogP contribution in [0.4, 0.5) is 15.8 Å². The van der Waals surface area contributed by atoms with E-state index in [1.165, 1.54) is 18.3 Å². The van der Waals surface area contributed by atoms with Gasteiger partial charge in [0.2, 0.25) is 0 Å². The molecule has 0 amide bonds. The minimum atomic E-state index is -1.62. The van der Waals surface area contributed by atoms with Crippen LogP contribution in [0.25, 0.3) is 10.9 Å². The van der Waals surface area contributed by atoms with Gasteiger partial charge in [0.05, 0.1) is 53.9 Å². The summed E-state index contributed by atoms with van der Waals surface area (Å²) in [5, 5.41) is 38.7. The summed E-state index contributed by atoms with van der Waals surface area (Å²) in [6.45, 7) is 0. The predicted octanol–water partition coefficient (Wildman–Crippen LogP) is 5.67. The second-order valence-corrected chi connectivity index (χ2v) is 10.1. The highest BCUT2D eigenvalue weighted by atomic mass is 19.1. The number of anilines is 2. The Morgan fingerprint density at radius 2 is 1.76 bits per heavy atom. The maximum absolute atomic E-state index is 13.9. The lowest BCUT2D eigenvalue weighted by Crippen LogP contribution is -2.38. The summed E-state index contributed by atoms with van der Waals surface area (Å²) >= 11 is 0. The van der Waals surface area contributed by atoms with Gasteiger partial charge >= 0.3 is 0 Å². The van der Waals surface area contributed by atoms with Crippen LogP contribution in [0.15, 0.2) is 84.8 Å². The fraction of sp³-hybridized carbons (Fsp3) is 0.188. The lowest BCUT2D eigenvalue weighted by molar-refractivity contribution is 0.260. The highest BCUT2D eigenvalue weighted by Crippen LogP contribution is 2.36. The molecule has 0 radical (unpaired) electrons. The van der Waals surface area contributed by atoms with Crippen LogP contribution in [-0.4, -0.2) is 16.0 Å². The topological polar surface area (TPSA) is 136 Å². The van der Waals surface area contributed by atoms with Gasteiger partial charge in [-0.15, -0.1) is 5.53 Å². The van der Waals surface area contributed by atoms with E-state index in [1.54, 1.807) is 24.3 Å². The number of hydrogen-bond acceptors (Lipinski definition) is 9. The first-order valence-electron chi connectivity index (χ1n) is 14.0. The van der Waals surface area contributed by atoms with Crippen molar-refractivity contribution in [2.75, 3.05) is 10.6 Å². The number of hydrazine groups is 2. The SMILES string of the molecule is [2H][C@](Nc1cc(C#N)c2ncc(C#N)c(N[C@H](CC#N)c3ccccc3)c2c1)(C1=CN(C2CC2)NN1)c1ccc(F)cc1. The van der Waals surface area contributed by atoms with Crippen LogP contribution in [0.5, 0.6) is 0 Å². The molecule has 6 rings (SSSR count). The van der Waals surface area contributed by atoms with Crippen LogP contribution in [0.2, 0.25) is 0 Å². The average molecular weight is 557 g/mol. The third kappa shape index (κ3) is 5.38. The van der Waals surface area contributed by atoms with Crippen molar-refractivity contribution in [1.29, 1.82) is 15.8 Å². The maximum Gasteiger partial charge on any atom is 0.123 e. The molecule has 4 aromatic rings. The van der Waals surface area contributed by atoms with E-state index in [2.05, 4.69) is 44.8 Å². The average Bonchev–Trinajstić information content (AvgIpc) is 3.76. The largest absolute Gasteiger partial charge is 0.376 e. The molecule has 2 atom stereocenters. The Morgan fingerprint density at radius 1 is 1.00 bits per heavy atom. The van der Waals surface area contributed by atoms with E-state index in [0.717, 1.165) is 18.4 Å². The highest BCUT2D eigenvalue weighted by Gasteiger charge is 2.32. The molecular formula is C32H26FN9. The Balaban J connectivity index is 1.47. The summed E-state index contributed by atoms with van der Waals surface area (Å²) in [5.74, 6) is -0.425. The zero-order valence-corrected chi connectivity index (χ0v) is 22.4. The van der Waals surface area contributed by atoms with Gasteiger partial charge in [0, 0.05) is 29.5 Å². The molecular weight excluding hydrogens is 529 g/mol. The minimum absolute atomic E-state index is 0.131. The van der Waals surface area contributed by atoms with E-state index >= 15 is 0 Å². The zero-order chi connectivity index (χ0) is 30.0. The van der Waals surface area contributed by atoms with Gasteiger partial charge in [-0.25, -0.2) is 4.39 Å². The van der Waals surface area contributed by atoms with Gasteiger partial charge in [-0.05, 0) is 48.2 Å². The normalized spacial score (nSPS) is 16.6. The van der Waals surface area contributed by atoms with Crippen LogP contribution in [0.3, 0.4) is 0 Å². The number of aromatic nitrogens is 1. The Hall–Kier alpha value is -5.63. The number of pyridine rings is 1. The van der Waals surface area contributed by atoms with Crippen molar-refractivity contribution >= 4 is 22.3 Å². The first-order chi connectivity index (χ1) is 20.9. The number of fused-ring (bicyclic) bond motifs is 1. The van der Waals surface area contributed by atoms with Gasteiger partial charge < -0.3 is 16.1 Å². The fourth-order valence-electron chi connectivity index (χ4n) is 4.96. The molecule has 1 fully saturated rings. The quantitative estimate of drug-likeness (QED) is 0.206. The third-order valence-electron chi connectivity index (χ3n) is 7.23. The van der Waals surface area contributed by atoms with Crippen molar-refractivity contribution in [1.82, 2.24) is 21.0 Å². The third-order valence-corrected chi connectivity index (χ3v) is 7.23. The summed E-state index contributed by atoms with van der Waals surface area (Å²) in [4.78, 5) is 4.42. The van der Waals surface area contributed by atoms with Gasteiger partial charge in [0.15, 0.2) is 0 Å². The Kier molecular flexibility index (Phi) is 6.92. The standard InChI is InChI=1S/C32H26FN9/c33-24-8-6-21(7-9-24)32(29-19-42(41-40-29)26-10-11-26)38-25-14-22(16-35)30-27(15-25)31(23(17-36)18-37-30)39-28(12-13-34)20-4-2-1-3-5-20/h1-9,14-15,18-19,26,28,32,38,40-41H,10-12H2,(H,37,39)/t28-,32-/m1/s1/i32D. The monoisotopic (exact) mass is 556 g/mol. The molecule has 2 aliphatic rings. The molecule has 9 nitrogen and oxygen atoms in total. The summed E-state index contributed by atoms with van der Waals surface area (Å²) < 4.78 is 23.5. The van der Waals surface area contributed by atoms with Crippen LogP contribution in [-0.2, 0) is 0 Å². The van der Waals surface area contributed by atoms with Gasteiger partial charge in [0.1, 0.15) is 18.0 Å². The highest BCUT2D eigenvalue weighted by molar-refractivity contribution is 5.99. The predicted molar refractivity (Wildman–Crippen MR) is 156 cm³/mol. The molecule has 2 heterocycles. The Labute approximate surface area is 243 Å². The molecule has 10 heteroatoms. The van der Waals surface area contributed by atoms with E-state index in [0.29, 0.717) is 39.6 Å². The zero-order valence-electron chi connectivity index (χ0n) is 23.4. The molecule has 0 bridgehead atoms. The number of halogens is 1. The number of benzene rings is 3. The minimum Gasteiger partial charge on any atom is -0.376 e. The molecule has 0 unspecified atom stereocenters. The Bertz CT molecular complexity index is 1840. The van der Waals surface area contributed by atoms with Crippen LogP contribution >= 0.6 is 0 Å². The molecule has 1 aliphatic carbocycles. The van der Waals surface area contributed by atoms with Crippen LogP contribution < -0.4 is 21.6 Å². The van der Waals surface area contributed by atoms with Crippen LogP contribution in [0.1, 0.15) is 54.9 Å². The molecule has 4 N–H and O–H groups in total. The number of hydrogen-bond donors (Lipinski definition) is 4. The van der Waals surface area contributed by atoms with Crippen molar-refractivity contribution in [3.8, 4) is 18.2 Å². The molecule has 206 valence electrons. The van der Waals surface area contributed by atoms with Crippen molar-refractivity contribution < 1.29 is 5.76 Å². The first-order valence-corrected chi connectivity index (χ1v) is 13.5. The maximum atomic E-state index is 13.9. The van der Waals surface area contributed by atoms with E-state index in [1.807, 2.05) is 41.5 Å². The number of nitriles is 3. The second kappa shape index (κ2) is 11.5. The number of nitrogens with zero attached hydrogens (tertiary/aromatic N) is 5. The summed E-state index contributed by atoms with van der Waals surface area (Å²) in [6, 6.07) is 23.3. The summed E-state index contributed by atoms with van der Waals surface area (Å²) in [5.41, 5.74) is 9.66. The van der Waals surface area contributed by atoms with Crippen molar-refractivity contribution in [3.63, 3.8) is 0 Å². The molecule has 0 spiro atoms. The number of nitrogens with one attached hydrogen (secondary N) is 4. The first kappa shape index (κ1) is 25.3. The fourth-order valence-corrected chi connectivity index (χ4v) is 4.96. The molecule has 42 heavy (non-hydrogen) atoms. The van der Waals surface area contributed by atoms with Crippen LogP contribution in [0, 0.1) is 39.8 Å². The summed E-state index contributed by atoms with van der Waals surface area (Å²) in [7, 11) is 0. The summed E-state index contributed by atoms with van der Waals surface area (Å²) in [6.07, 6.45) is 5.42.